The molecule has 0 aliphatic rings. The van der Waals surface area contributed by atoms with E-state index in [4.69, 9.17) is 21.7 Å². The number of benzene rings is 1. The Morgan fingerprint density at radius 1 is 1.24 bits per heavy atom. The van der Waals surface area contributed by atoms with Crippen molar-refractivity contribution in [3.8, 4) is 22.2 Å². The Labute approximate surface area is 206 Å². The average Bonchev–Trinajstić information content (AvgIpc) is 3.51. The number of carbonyl (C=O) groups excluding carboxylic acids is 1. The number of aromatic amines is 1. The molecule has 1 atom stereocenters. The molecule has 3 aromatic heterocycles. The first-order valence-electron chi connectivity index (χ1n) is 10.7. The summed E-state index contributed by atoms with van der Waals surface area (Å²) in [6, 6.07) is 13.2. The van der Waals surface area contributed by atoms with Crippen LogP contribution in [-0.2, 0) is 17.9 Å². The number of aromatic nitrogens is 4. The van der Waals surface area contributed by atoms with Crippen LogP contribution >= 0.6 is 23.6 Å². The highest BCUT2D eigenvalue weighted by molar-refractivity contribution is 7.71. The molecule has 4 aromatic rings. The van der Waals surface area contributed by atoms with E-state index < -0.39 is 0 Å². The highest BCUT2D eigenvalue weighted by Crippen LogP contribution is 2.31. The second-order valence-electron chi connectivity index (χ2n) is 7.57. The normalized spacial score (nSPS) is 11.7. The van der Waals surface area contributed by atoms with Crippen LogP contribution < -0.4 is 14.8 Å². The Balaban J connectivity index is 1.36. The molecule has 4 rings (SSSR count). The summed E-state index contributed by atoms with van der Waals surface area (Å²) in [5, 5.41) is 12.1. The van der Waals surface area contributed by atoms with E-state index in [1.165, 1.54) is 0 Å². The molecule has 0 saturated carbocycles. The first-order chi connectivity index (χ1) is 16.5. The van der Waals surface area contributed by atoms with E-state index in [9.17, 15) is 4.79 Å². The summed E-state index contributed by atoms with van der Waals surface area (Å²) in [5.41, 5.74) is 1.93. The number of methoxy groups -OCH3 is 1. The highest BCUT2D eigenvalue weighted by atomic mass is 32.1. The molecule has 2 N–H and O–H groups in total. The molecule has 1 aromatic carbocycles. The minimum atomic E-state index is -0.204. The van der Waals surface area contributed by atoms with Crippen LogP contribution in [0.4, 0.5) is 0 Å². The second kappa shape index (κ2) is 11.1. The van der Waals surface area contributed by atoms with Crippen LogP contribution in [0.3, 0.4) is 0 Å². The Bertz CT molecular complexity index is 1290. The lowest BCUT2D eigenvalue weighted by molar-refractivity contribution is -0.121. The molecule has 34 heavy (non-hydrogen) atoms. The molecule has 0 saturated heterocycles. The van der Waals surface area contributed by atoms with Crippen molar-refractivity contribution in [3.05, 3.63) is 76.1 Å². The fraction of sp³-hybridized carbons (Fsp3) is 0.250. The van der Waals surface area contributed by atoms with Gasteiger partial charge in [-0.15, -0.1) is 11.3 Å². The third-order valence-corrected chi connectivity index (χ3v) is 6.45. The number of amides is 1. The molecule has 8 nitrogen and oxygen atoms in total. The minimum Gasteiger partial charge on any atom is -0.493 e. The minimum absolute atomic E-state index is 0.0790. The van der Waals surface area contributed by atoms with Crippen LogP contribution in [0.15, 0.2) is 60.2 Å². The Morgan fingerprint density at radius 3 is 2.79 bits per heavy atom. The number of nitrogens with zero attached hydrogens (tertiary/aromatic N) is 3. The number of carbonyl (C=O) groups is 1. The maximum absolute atomic E-state index is 12.7. The molecule has 10 heteroatoms. The number of hydrogen-bond donors (Lipinski definition) is 2. The van der Waals surface area contributed by atoms with Crippen molar-refractivity contribution < 1.29 is 14.3 Å². The molecule has 176 valence electrons. The SMILES string of the molecule is COc1cc(C(C)NC(=O)CCn2c(-c3cccs3)n[nH]c2=S)ccc1OCc1ccncc1. The number of rotatable bonds is 10. The molecule has 0 fully saturated rings. The summed E-state index contributed by atoms with van der Waals surface area (Å²) in [6.45, 7) is 2.78. The van der Waals surface area contributed by atoms with Crippen molar-refractivity contribution in [2.75, 3.05) is 7.11 Å². The number of pyridine rings is 1. The van der Waals surface area contributed by atoms with Gasteiger partial charge in [0.05, 0.1) is 18.0 Å². The van der Waals surface area contributed by atoms with E-state index in [0.29, 0.717) is 29.4 Å². The maximum atomic E-state index is 12.7. The van der Waals surface area contributed by atoms with Gasteiger partial charge in [-0.25, -0.2) is 0 Å². The van der Waals surface area contributed by atoms with Gasteiger partial charge in [0.2, 0.25) is 5.91 Å². The van der Waals surface area contributed by atoms with Gasteiger partial charge in [0.15, 0.2) is 22.1 Å². The van der Waals surface area contributed by atoms with Gasteiger partial charge in [-0.05, 0) is 66.0 Å². The molecular formula is C24H25N5O3S2. The summed E-state index contributed by atoms with van der Waals surface area (Å²) < 4.78 is 13.8. The standard InChI is InChI=1S/C24H25N5O3S2/c1-16(18-5-6-19(20(14-18)31-2)32-15-17-7-10-25-11-8-17)26-22(30)9-12-29-23(27-28-24(29)33)21-4-3-13-34-21/h3-8,10-11,13-14,16H,9,12,15H2,1-2H3,(H,26,30)(H,28,33). The molecule has 0 bridgehead atoms. The van der Waals surface area contributed by atoms with Crippen molar-refractivity contribution in [1.82, 2.24) is 25.1 Å². The predicted octanol–water partition coefficient (Wildman–Crippen LogP) is 4.92. The summed E-state index contributed by atoms with van der Waals surface area (Å²) in [5.74, 6) is 1.91. The van der Waals surface area contributed by atoms with Crippen LogP contribution in [0.25, 0.3) is 10.7 Å². The van der Waals surface area contributed by atoms with E-state index in [-0.39, 0.29) is 18.4 Å². The number of hydrogen-bond acceptors (Lipinski definition) is 7. The van der Waals surface area contributed by atoms with Crippen LogP contribution in [0.1, 0.15) is 30.5 Å². The van der Waals surface area contributed by atoms with E-state index in [0.717, 1.165) is 21.8 Å². The molecule has 1 unspecified atom stereocenters. The van der Waals surface area contributed by atoms with Crippen molar-refractivity contribution in [1.29, 1.82) is 0 Å². The largest absolute Gasteiger partial charge is 0.493 e. The number of H-pyrrole nitrogens is 1. The first kappa shape index (κ1) is 23.7. The van der Waals surface area contributed by atoms with Crippen LogP contribution in [0.5, 0.6) is 11.5 Å². The predicted molar refractivity (Wildman–Crippen MR) is 133 cm³/mol. The van der Waals surface area contributed by atoms with Crippen molar-refractivity contribution >= 4 is 29.5 Å². The van der Waals surface area contributed by atoms with Crippen molar-refractivity contribution in [2.24, 2.45) is 0 Å². The second-order valence-corrected chi connectivity index (χ2v) is 8.91. The summed E-state index contributed by atoms with van der Waals surface area (Å²) >= 11 is 6.92. The van der Waals surface area contributed by atoms with Crippen LogP contribution in [0, 0.1) is 4.77 Å². The van der Waals surface area contributed by atoms with E-state index in [2.05, 4.69) is 20.5 Å². The van der Waals surface area contributed by atoms with Gasteiger partial charge in [-0.2, -0.15) is 5.10 Å². The summed E-state index contributed by atoms with van der Waals surface area (Å²) in [6.07, 6.45) is 3.74. The lowest BCUT2D eigenvalue weighted by Crippen LogP contribution is -2.27. The lowest BCUT2D eigenvalue weighted by Gasteiger charge is -2.17. The van der Waals surface area contributed by atoms with E-state index >= 15 is 0 Å². The van der Waals surface area contributed by atoms with E-state index in [1.54, 1.807) is 30.8 Å². The monoisotopic (exact) mass is 495 g/mol. The topological polar surface area (TPSA) is 94.1 Å². The van der Waals surface area contributed by atoms with Gasteiger partial charge >= 0.3 is 0 Å². The number of nitrogens with one attached hydrogen (secondary N) is 2. The summed E-state index contributed by atoms with van der Waals surface area (Å²) in [4.78, 5) is 17.7. The zero-order valence-corrected chi connectivity index (χ0v) is 20.5. The van der Waals surface area contributed by atoms with Gasteiger partial charge in [-0.1, -0.05) is 12.1 Å². The Morgan fingerprint density at radius 2 is 2.06 bits per heavy atom. The lowest BCUT2D eigenvalue weighted by atomic mass is 10.1. The van der Waals surface area contributed by atoms with Crippen LogP contribution in [-0.4, -0.2) is 32.8 Å². The molecule has 0 aliphatic heterocycles. The zero-order valence-electron chi connectivity index (χ0n) is 18.9. The number of ether oxygens (including phenoxy) is 2. The van der Waals surface area contributed by atoms with Gasteiger partial charge in [-0.3, -0.25) is 19.4 Å². The smallest absolute Gasteiger partial charge is 0.222 e. The average molecular weight is 496 g/mol. The van der Waals surface area contributed by atoms with E-state index in [1.807, 2.05) is 59.3 Å². The van der Waals surface area contributed by atoms with Gasteiger partial charge in [0.25, 0.3) is 0 Å². The molecule has 3 heterocycles. The van der Waals surface area contributed by atoms with Crippen LogP contribution in [0.2, 0.25) is 0 Å². The third kappa shape index (κ3) is 5.70. The fourth-order valence-electron chi connectivity index (χ4n) is 3.44. The van der Waals surface area contributed by atoms with Gasteiger partial charge < -0.3 is 14.8 Å². The molecular weight excluding hydrogens is 470 g/mol. The Hall–Kier alpha value is -3.50. The zero-order chi connectivity index (χ0) is 23.9. The maximum Gasteiger partial charge on any atom is 0.222 e. The molecule has 0 aliphatic carbocycles. The van der Waals surface area contributed by atoms with Gasteiger partial charge in [0, 0.05) is 25.4 Å². The quantitative estimate of drug-likeness (QED) is 0.303. The van der Waals surface area contributed by atoms with Crippen molar-refractivity contribution in [2.45, 2.75) is 32.5 Å². The third-order valence-electron chi connectivity index (χ3n) is 5.27. The number of thiophene rings is 1. The van der Waals surface area contributed by atoms with Crippen molar-refractivity contribution in [3.63, 3.8) is 0 Å². The first-order valence-corrected chi connectivity index (χ1v) is 12.0. The highest BCUT2D eigenvalue weighted by Gasteiger charge is 2.15. The molecule has 0 spiro atoms. The molecule has 1 amide bonds. The van der Waals surface area contributed by atoms with Gasteiger partial charge in [0.1, 0.15) is 6.61 Å². The molecule has 0 radical (unpaired) electrons. The Kier molecular flexibility index (Phi) is 7.71. The fourth-order valence-corrected chi connectivity index (χ4v) is 4.39. The summed E-state index contributed by atoms with van der Waals surface area (Å²) in [7, 11) is 1.60.